The van der Waals surface area contributed by atoms with Crippen LogP contribution in [0.1, 0.15) is 25.0 Å². The molecule has 0 saturated carbocycles. The van der Waals surface area contributed by atoms with Gasteiger partial charge in [-0.05, 0) is 49.2 Å². The quantitative estimate of drug-likeness (QED) is 0.814. The highest BCUT2D eigenvalue weighted by Gasteiger charge is 2.34. The molecular formula is C19H18FNO3S. The fraction of sp³-hybridized carbons (Fsp3) is 0.158. The first-order chi connectivity index (χ1) is 11.8. The van der Waals surface area contributed by atoms with Gasteiger partial charge in [0.05, 0.1) is 5.69 Å². The molecule has 1 aliphatic rings. The fourth-order valence-electron chi connectivity index (χ4n) is 3.04. The lowest BCUT2D eigenvalue weighted by molar-refractivity contribution is 0.149. The first-order valence-electron chi connectivity index (χ1n) is 7.69. The lowest BCUT2D eigenvalue weighted by atomic mass is 9.82. The summed E-state index contributed by atoms with van der Waals surface area (Å²) in [6, 6.07) is 11.3. The number of fused-ring (bicyclic) bond motifs is 1. The molecule has 6 heteroatoms. The van der Waals surface area contributed by atoms with Gasteiger partial charge in [-0.25, -0.2) is 12.8 Å². The van der Waals surface area contributed by atoms with Crippen molar-refractivity contribution in [3.63, 3.8) is 0 Å². The van der Waals surface area contributed by atoms with E-state index in [1.165, 1.54) is 12.1 Å². The molecule has 0 unspecified atom stereocenters. The van der Waals surface area contributed by atoms with Gasteiger partial charge >= 0.3 is 0 Å². The Morgan fingerprint density at radius 1 is 1.16 bits per heavy atom. The Balaban J connectivity index is 2.24. The van der Waals surface area contributed by atoms with Crippen LogP contribution in [-0.2, 0) is 10.9 Å². The van der Waals surface area contributed by atoms with E-state index in [4.69, 9.17) is 4.74 Å². The van der Waals surface area contributed by atoms with Crippen LogP contribution < -0.4 is 9.46 Å². The number of anilines is 1. The van der Waals surface area contributed by atoms with Crippen LogP contribution in [0.5, 0.6) is 5.75 Å². The van der Waals surface area contributed by atoms with E-state index in [2.05, 4.69) is 11.3 Å². The van der Waals surface area contributed by atoms with E-state index in [0.717, 1.165) is 22.3 Å². The molecule has 1 heterocycles. The molecule has 0 bridgehead atoms. The van der Waals surface area contributed by atoms with Crippen molar-refractivity contribution < 1.29 is 17.5 Å². The first-order valence-corrected chi connectivity index (χ1v) is 8.87. The van der Waals surface area contributed by atoms with Crippen molar-refractivity contribution in [3.05, 3.63) is 77.6 Å². The molecule has 0 fully saturated rings. The molecule has 130 valence electrons. The molecule has 1 N–H and O–H groups in total. The molecule has 0 spiro atoms. The van der Waals surface area contributed by atoms with Crippen LogP contribution in [0.25, 0.3) is 5.57 Å². The Kier molecular flexibility index (Phi) is 4.39. The van der Waals surface area contributed by atoms with Crippen LogP contribution in [0.15, 0.2) is 60.7 Å². The van der Waals surface area contributed by atoms with Crippen molar-refractivity contribution in [1.29, 1.82) is 0 Å². The molecule has 0 saturated heterocycles. The molecule has 25 heavy (non-hydrogen) atoms. The van der Waals surface area contributed by atoms with Gasteiger partial charge in [-0.2, -0.15) is 0 Å². The minimum absolute atomic E-state index is 0.310. The summed E-state index contributed by atoms with van der Waals surface area (Å²) in [6.07, 6.45) is 1.74. The molecule has 0 aliphatic carbocycles. The number of nitrogens with one attached hydrogen (secondary N) is 1. The molecule has 0 aromatic heterocycles. The van der Waals surface area contributed by atoms with Gasteiger partial charge in [-0.15, -0.1) is 0 Å². The summed E-state index contributed by atoms with van der Waals surface area (Å²) < 4.78 is 43.6. The van der Waals surface area contributed by atoms with Crippen LogP contribution in [0.3, 0.4) is 0 Å². The highest BCUT2D eigenvalue weighted by Crippen LogP contribution is 2.45. The Hall–Kier alpha value is -2.60. The number of ether oxygens (including phenoxy) is 1. The summed E-state index contributed by atoms with van der Waals surface area (Å²) in [5, 5.41) is 0. The van der Waals surface area contributed by atoms with E-state index < -0.39 is 16.5 Å². The molecule has 0 radical (unpaired) electrons. The molecule has 0 atom stereocenters. The summed E-state index contributed by atoms with van der Waals surface area (Å²) >= 11 is 0. The third kappa shape index (κ3) is 3.30. The van der Waals surface area contributed by atoms with Crippen LogP contribution in [0.4, 0.5) is 10.1 Å². The summed E-state index contributed by atoms with van der Waals surface area (Å²) in [4.78, 5) is 0. The van der Waals surface area contributed by atoms with Gasteiger partial charge in [0.2, 0.25) is 10.9 Å². The molecule has 3 rings (SSSR count). The standard InChI is InChI=1S/C19H18FNO3S/c1-4-16-18(12-5-7-13(20)8-6-12)15-10-9-14(21-25(22)23)11-17(15)24-19(16,2)3/h4-11,25H,1H2,2-3H3,(H,21,22,23). The Morgan fingerprint density at radius 3 is 2.44 bits per heavy atom. The zero-order valence-electron chi connectivity index (χ0n) is 13.9. The predicted molar refractivity (Wildman–Crippen MR) is 97.7 cm³/mol. The van der Waals surface area contributed by atoms with E-state index in [-0.39, 0.29) is 5.82 Å². The van der Waals surface area contributed by atoms with E-state index in [0.29, 0.717) is 11.4 Å². The van der Waals surface area contributed by atoms with Crippen molar-refractivity contribution in [3.8, 4) is 5.75 Å². The van der Waals surface area contributed by atoms with Gasteiger partial charge in [-0.3, -0.25) is 4.72 Å². The average Bonchev–Trinajstić information content (AvgIpc) is 2.53. The maximum Gasteiger partial charge on any atom is 0.222 e. The lowest BCUT2D eigenvalue weighted by Crippen LogP contribution is -2.34. The topological polar surface area (TPSA) is 55.4 Å². The zero-order chi connectivity index (χ0) is 18.2. The average molecular weight is 359 g/mol. The smallest absolute Gasteiger partial charge is 0.222 e. The highest BCUT2D eigenvalue weighted by molar-refractivity contribution is 7.73. The zero-order valence-corrected chi connectivity index (χ0v) is 14.8. The number of rotatable bonds is 4. The maximum absolute atomic E-state index is 13.3. The number of halogens is 1. The van der Waals surface area contributed by atoms with Crippen LogP contribution in [-0.4, -0.2) is 14.0 Å². The van der Waals surface area contributed by atoms with Crippen LogP contribution >= 0.6 is 0 Å². The molecule has 2 aromatic carbocycles. The van der Waals surface area contributed by atoms with E-state index in [1.54, 1.807) is 36.4 Å². The van der Waals surface area contributed by atoms with Gasteiger partial charge < -0.3 is 4.74 Å². The lowest BCUT2D eigenvalue weighted by Gasteiger charge is -2.36. The summed E-state index contributed by atoms with van der Waals surface area (Å²) in [5.74, 6) is 0.242. The molecule has 2 aromatic rings. The first kappa shape index (κ1) is 17.2. The van der Waals surface area contributed by atoms with Gasteiger partial charge in [0.1, 0.15) is 17.2 Å². The van der Waals surface area contributed by atoms with Crippen molar-refractivity contribution >= 4 is 22.2 Å². The largest absolute Gasteiger partial charge is 0.482 e. The molecular weight excluding hydrogens is 341 g/mol. The fourth-order valence-corrected chi connectivity index (χ4v) is 3.39. The second kappa shape index (κ2) is 6.37. The molecule has 4 nitrogen and oxygen atoms in total. The van der Waals surface area contributed by atoms with Gasteiger partial charge in [0, 0.05) is 17.2 Å². The number of hydrogen-bond donors (Lipinski definition) is 2. The van der Waals surface area contributed by atoms with Crippen molar-refractivity contribution in [1.82, 2.24) is 0 Å². The Morgan fingerprint density at radius 2 is 1.84 bits per heavy atom. The van der Waals surface area contributed by atoms with Gasteiger partial charge in [-0.1, -0.05) is 24.8 Å². The van der Waals surface area contributed by atoms with E-state index in [1.807, 2.05) is 13.8 Å². The maximum atomic E-state index is 13.3. The number of benzene rings is 2. The van der Waals surface area contributed by atoms with E-state index >= 15 is 0 Å². The second-order valence-corrected chi connectivity index (χ2v) is 6.93. The Labute approximate surface area is 147 Å². The molecule has 1 aliphatic heterocycles. The second-order valence-electron chi connectivity index (χ2n) is 6.19. The number of thiol groups is 1. The predicted octanol–water partition coefficient (Wildman–Crippen LogP) is 3.92. The number of hydrogen-bond acceptors (Lipinski definition) is 3. The van der Waals surface area contributed by atoms with Gasteiger partial charge in [0.15, 0.2) is 0 Å². The van der Waals surface area contributed by atoms with Crippen molar-refractivity contribution in [2.24, 2.45) is 0 Å². The van der Waals surface area contributed by atoms with Crippen molar-refractivity contribution in [2.45, 2.75) is 19.4 Å². The summed E-state index contributed by atoms with van der Waals surface area (Å²) in [7, 11) is -2.76. The normalized spacial score (nSPS) is 15.5. The highest BCUT2D eigenvalue weighted by atomic mass is 32.2. The summed E-state index contributed by atoms with van der Waals surface area (Å²) in [6.45, 7) is 7.71. The van der Waals surface area contributed by atoms with Crippen molar-refractivity contribution in [2.75, 3.05) is 4.72 Å². The SMILES string of the molecule is C=CC1=C(c2ccc(F)cc2)c2ccc(N[SH](=O)=O)cc2OC1(C)C. The summed E-state index contributed by atoms with van der Waals surface area (Å²) in [5.41, 5.74) is 3.15. The molecule has 0 amide bonds. The minimum Gasteiger partial charge on any atom is -0.482 e. The Bertz CT molecular complexity index is 936. The van der Waals surface area contributed by atoms with E-state index in [9.17, 15) is 12.8 Å². The minimum atomic E-state index is -2.76. The van der Waals surface area contributed by atoms with Gasteiger partial charge in [0.25, 0.3) is 0 Å². The van der Waals surface area contributed by atoms with Crippen LogP contribution in [0.2, 0.25) is 0 Å². The third-order valence-corrected chi connectivity index (χ3v) is 4.53. The monoisotopic (exact) mass is 359 g/mol. The third-order valence-electron chi connectivity index (χ3n) is 4.09. The van der Waals surface area contributed by atoms with Crippen LogP contribution in [0, 0.1) is 5.82 Å².